The molecule has 1 amide bonds. The molecule has 0 spiro atoms. The van der Waals surface area contributed by atoms with Crippen LogP contribution in [0.5, 0.6) is 5.75 Å². The van der Waals surface area contributed by atoms with Gasteiger partial charge in [-0.2, -0.15) is 8.42 Å². The lowest BCUT2D eigenvalue weighted by Gasteiger charge is -2.26. The highest BCUT2D eigenvalue weighted by Crippen LogP contribution is 2.37. The van der Waals surface area contributed by atoms with E-state index in [1.807, 2.05) is 13.8 Å². The van der Waals surface area contributed by atoms with Gasteiger partial charge in [0.2, 0.25) is 0 Å². The average Bonchev–Trinajstić information content (AvgIpc) is 3.50. The second kappa shape index (κ2) is 9.60. The molecule has 2 aliphatic rings. The van der Waals surface area contributed by atoms with E-state index in [0.29, 0.717) is 11.1 Å². The van der Waals surface area contributed by atoms with E-state index in [0.717, 1.165) is 52.9 Å². The average molecular weight is 530 g/mol. The largest absolute Gasteiger partial charge is 0.379 e. The van der Waals surface area contributed by atoms with E-state index in [4.69, 9.17) is 4.18 Å². The number of piperidine rings is 1. The zero-order valence-electron chi connectivity index (χ0n) is 21.6. The van der Waals surface area contributed by atoms with E-state index in [2.05, 4.69) is 39.5 Å². The minimum atomic E-state index is -4.06. The highest BCUT2D eigenvalue weighted by molar-refractivity contribution is 7.87. The van der Waals surface area contributed by atoms with Crippen molar-refractivity contribution < 1.29 is 17.4 Å². The molecule has 0 aliphatic carbocycles. The second-order valence-corrected chi connectivity index (χ2v) is 11.9. The predicted octanol–water partition coefficient (Wildman–Crippen LogP) is 5.45. The number of nitrogens with one attached hydrogen (secondary N) is 2. The van der Waals surface area contributed by atoms with Crippen LogP contribution in [0, 0.1) is 13.8 Å². The van der Waals surface area contributed by atoms with Crippen LogP contribution in [0.4, 0.5) is 0 Å². The first-order chi connectivity index (χ1) is 18.3. The van der Waals surface area contributed by atoms with Crippen molar-refractivity contribution in [1.29, 1.82) is 0 Å². The van der Waals surface area contributed by atoms with E-state index in [1.54, 1.807) is 30.3 Å². The number of fused-ring (bicyclic) bond motifs is 2. The number of carbonyl (C=O) groups is 1. The summed E-state index contributed by atoms with van der Waals surface area (Å²) in [5.74, 6) is -0.0753. The smallest absolute Gasteiger partial charge is 0.339 e. The van der Waals surface area contributed by atoms with Crippen LogP contribution < -0.4 is 9.50 Å². The number of likely N-dealkylation sites (tertiary alicyclic amines) is 1. The Morgan fingerprint density at radius 2 is 1.74 bits per heavy atom. The number of aryl methyl sites for hydroxylation is 2. The van der Waals surface area contributed by atoms with Crippen LogP contribution >= 0.6 is 0 Å². The van der Waals surface area contributed by atoms with E-state index < -0.39 is 10.1 Å². The molecule has 7 nitrogen and oxygen atoms in total. The van der Waals surface area contributed by atoms with Crippen molar-refractivity contribution in [3.8, 4) is 17.0 Å². The Morgan fingerprint density at radius 1 is 0.921 bits per heavy atom. The third-order valence-corrected chi connectivity index (χ3v) is 8.95. The summed E-state index contributed by atoms with van der Waals surface area (Å²) < 4.78 is 31.7. The van der Waals surface area contributed by atoms with Crippen molar-refractivity contribution in [3.05, 3.63) is 82.4 Å². The molecule has 1 fully saturated rings. The number of benzene rings is 3. The monoisotopic (exact) mass is 529 g/mol. The van der Waals surface area contributed by atoms with Gasteiger partial charge in [-0.1, -0.05) is 18.6 Å². The van der Waals surface area contributed by atoms with Gasteiger partial charge in [-0.15, -0.1) is 0 Å². The summed E-state index contributed by atoms with van der Waals surface area (Å²) in [7, 11) is -4.06. The summed E-state index contributed by atoms with van der Waals surface area (Å²) in [6, 6.07) is 16.8. The van der Waals surface area contributed by atoms with Crippen LogP contribution in [0.1, 0.15) is 51.9 Å². The summed E-state index contributed by atoms with van der Waals surface area (Å²) in [5, 5.41) is 3.92. The number of rotatable bonds is 6. The van der Waals surface area contributed by atoms with Gasteiger partial charge in [0.15, 0.2) is 0 Å². The molecule has 38 heavy (non-hydrogen) atoms. The van der Waals surface area contributed by atoms with Gasteiger partial charge in [-0.3, -0.25) is 9.69 Å². The van der Waals surface area contributed by atoms with Crippen LogP contribution in [0.2, 0.25) is 0 Å². The van der Waals surface area contributed by atoms with Gasteiger partial charge >= 0.3 is 10.1 Å². The van der Waals surface area contributed by atoms with Gasteiger partial charge in [-0.25, -0.2) is 0 Å². The van der Waals surface area contributed by atoms with Gasteiger partial charge in [0.1, 0.15) is 10.6 Å². The van der Waals surface area contributed by atoms with E-state index in [9.17, 15) is 13.2 Å². The molecule has 0 atom stereocenters. The molecule has 0 unspecified atom stereocenters. The van der Waals surface area contributed by atoms with Crippen LogP contribution in [-0.4, -0.2) is 37.3 Å². The predicted molar refractivity (Wildman–Crippen MR) is 148 cm³/mol. The first kappa shape index (κ1) is 24.7. The van der Waals surface area contributed by atoms with Crippen LogP contribution in [-0.2, 0) is 23.2 Å². The summed E-state index contributed by atoms with van der Waals surface area (Å²) in [6.07, 6.45) is 3.83. The molecule has 1 saturated heterocycles. The first-order valence-corrected chi connectivity index (χ1v) is 14.5. The van der Waals surface area contributed by atoms with Crippen molar-refractivity contribution >= 4 is 26.9 Å². The number of H-pyrrole nitrogens is 1. The molecule has 1 aromatic heterocycles. The standard InChI is InChI=1S/C30H31N3O4S/c1-19-6-8-23(14-20(19)2)38(35,36)37-28-11-9-24(29-25(28)17-31-30(29)34)27-16-22-15-21(7-10-26(22)32-27)18-33-12-4-3-5-13-33/h6-11,14-16,32H,3-5,12-13,17-18H2,1-2H3,(H,31,34). The number of amides is 1. The fraction of sp³-hybridized carbons (Fsp3) is 0.300. The van der Waals surface area contributed by atoms with Crippen molar-refractivity contribution in [3.63, 3.8) is 0 Å². The Bertz CT molecular complexity index is 1670. The van der Waals surface area contributed by atoms with Crippen LogP contribution in [0.15, 0.2) is 59.5 Å². The minimum absolute atomic E-state index is 0.0895. The SMILES string of the molecule is Cc1ccc(S(=O)(=O)Oc2ccc(-c3cc4cc(CN5CCCCC5)ccc4[nH]3)c3c2CNC3=O)cc1C. The molecular formula is C30H31N3O4S. The number of carbonyl (C=O) groups excluding carboxylic acids is 1. The Labute approximate surface area is 222 Å². The van der Waals surface area contributed by atoms with Gasteiger partial charge in [0.25, 0.3) is 5.91 Å². The van der Waals surface area contributed by atoms with E-state index >= 15 is 0 Å². The van der Waals surface area contributed by atoms with Crippen molar-refractivity contribution in [2.45, 2.75) is 51.1 Å². The molecule has 3 aromatic carbocycles. The fourth-order valence-corrected chi connectivity index (χ4v) is 6.50. The molecule has 0 radical (unpaired) electrons. The van der Waals surface area contributed by atoms with Crippen molar-refractivity contribution in [1.82, 2.24) is 15.2 Å². The van der Waals surface area contributed by atoms with Crippen LogP contribution in [0.3, 0.4) is 0 Å². The minimum Gasteiger partial charge on any atom is -0.379 e. The van der Waals surface area contributed by atoms with E-state index in [-0.39, 0.29) is 23.1 Å². The molecule has 2 aliphatic heterocycles. The zero-order valence-corrected chi connectivity index (χ0v) is 22.5. The molecule has 4 aromatic rings. The molecular weight excluding hydrogens is 498 g/mol. The number of aromatic amines is 1. The van der Waals surface area contributed by atoms with Crippen molar-refractivity contribution in [2.75, 3.05) is 13.1 Å². The summed E-state index contributed by atoms with van der Waals surface area (Å²) in [4.78, 5) is 18.9. The number of aromatic nitrogens is 1. The van der Waals surface area contributed by atoms with Gasteiger partial charge in [-0.05, 0) is 98.9 Å². The van der Waals surface area contributed by atoms with Crippen LogP contribution in [0.25, 0.3) is 22.2 Å². The Morgan fingerprint density at radius 3 is 2.53 bits per heavy atom. The van der Waals surface area contributed by atoms with Crippen molar-refractivity contribution in [2.24, 2.45) is 0 Å². The second-order valence-electron chi connectivity index (χ2n) is 10.4. The van der Waals surface area contributed by atoms with Gasteiger partial charge in [0, 0.05) is 40.8 Å². The first-order valence-electron chi connectivity index (χ1n) is 13.1. The normalized spacial score (nSPS) is 16.0. The fourth-order valence-electron chi connectivity index (χ4n) is 5.46. The lowest BCUT2D eigenvalue weighted by Crippen LogP contribution is -2.28. The Hall–Kier alpha value is -3.62. The molecule has 8 heteroatoms. The summed E-state index contributed by atoms with van der Waals surface area (Å²) in [6.45, 7) is 7.22. The van der Waals surface area contributed by atoms with Gasteiger partial charge < -0.3 is 14.5 Å². The number of nitrogens with zero attached hydrogens (tertiary/aromatic N) is 1. The zero-order chi connectivity index (χ0) is 26.4. The highest BCUT2D eigenvalue weighted by Gasteiger charge is 2.30. The molecule has 0 bridgehead atoms. The quantitative estimate of drug-likeness (QED) is 0.324. The number of hydrogen-bond donors (Lipinski definition) is 2. The molecule has 2 N–H and O–H groups in total. The highest BCUT2D eigenvalue weighted by atomic mass is 32.2. The summed E-state index contributed by atoms with van der Waals surface area (Å²) >= 11 is 0. The maximum Gasteiger partial charge on any atom is 0.339 e. The maximum absolute atomic E-state index is 13.1. The lowest BCUT2D eigenvalue weighted by molar-refractivity contribution is 0.0966. The topological polar surface area (TPSA) is 91.5 Å². The number of hydrogen-bond acceptors (Lipinski definition) is 5. The molecule has 0 saturated carbocycles. The van der Waals surface area contributed by atoms with E-state index in [1.165, 1.54) is 24.8 Å². The van der Waals surface area contributed by atoms with Gasteiger partial charge in [0.05, 0.1) is 5.56 Å². The third kappa shape index (κ3) is 4.59. The Balaban J connectivity index is 1.33. The molecule has 6 rings (SSSR count). The molecule has 196 valence electrons. The molecule has 3 heterocycles. The maximum atomic E-state index is 13.1. The summed E-state index contributed by atoms with van der Waals surface area (Å²) in [5.41, 5.74) is 6.65. The Kier molecular flexibility index (Phi) is 6.24. The third-order valence-electron chi connectivity index (χ3n) is 7.72. The lowest BCUT2D eigenvalue weighted by atomic mass is 9.99.